The summed E-state index contributed by atoms with van der Waals surface area (Å²) in [6, 6.07) is 6.59. The zero-order valence-electron chi connectivity index (χ0n) is 9.27. The minimum Gasteiger partial charge on any atom is -0.338 e. The van der Waals surface area contributed by atoms with Crippen molar-refractivity contribution < 1.29 is 18.0 Å². The van der Waals surface area contributed by atoms with Crippen LogP contribution in [-0.2, 0) is 0 Å². The third kappa shape index (κ3) is 2.14. The molecule has 1 amide bonds. The van der Waals surface area contributed by atoms with E-state index in [-0.39, 0.29) is 12.8 Å². The highest BCUT2D eigenvalue weighted by atomic mass is 19.4. The summed E-state index contributed by atoms with van der Waals surface area (Å²) in [6.45, 7) is 1.70. The largest absolute Gasteiger partial charge is 0.411 e. The van der Waals surface area contributed by atoms with Crippen molar-refractivity contribution in [2.45, 2.75) is 31.5 Å². The Hall–Kier alpha value is -1.52. The van der Waals surface area contributed by atoms with E-state index in [9.17, 15) is 18.0 Å². The van der Waals surface area contributed by atoms with E-state index < -0.39 is 17.6 Å². The number of rotatable bonds is 2. The van der Waals surface area contributed by atoms with Crippen LogP contribution in [-0.4, -0.2) is 17.6 Å². The van der Waals surface area contributed by atoms with Gasteiger partial charge in [0.15, 0.2) is 0 Å². The lowest BCUT2D eigenvalue weighted by atomic mass is 10.1. The Bertz CT molecular complexity index is 449. The zero-order valence-corrected chi connectivity index (χ0v) is 9.27. The van der Waals surface area contributed by atoms with Crippen molar-refractivity contribution in [3.05, 3.63) is 35.4 Å². The molecule has 1 aliphatic rings. The molecular weight excluding hydrogens is 231 g/mol. The molecule has 17 heavy (non-hydrogen) atoms. The maximum Gasteiger partial charge on any atom is 0.411 e. The number of hydrogen-bond acceptors (Lipinski definition) is 1. The average Bonchev–Trinajstić information content (AvgIpc) is 2.98. The van der Waals surface area contributed by atoms with Gasteiger partial charge < -0.3 is 5.32 Å². The predicted octanol–water partition coefficient (Wildman–Crippen LogP) is 2.82. The van der Waals surface area contributed by atoms with Gasteiger partial charge in [0.2, 0.25) is 0 Å². The number of aryl methyl sites for hydroxylation is 1. The van der Waals surface area contributed by atoms with Gasteiger partial charge in [0.05, 0.1) is 0 Å². The van der Waals surface area contributed by atoms with Gasteiger partial charge in [-0.2, -0.15) is 13.2 Å². The predicted molar refractivity (Wildman–Crippen MR) is 56.7 cm³/mol. The lowest BCUT2D eigenvalue weighted by molar-refractivity contribution is -0.163. The maximum atomic E-state index is 12.7. The Morgan fingerprint density at radius 2 is 1.88 bits per heavy atom. The molecule has 0 spiro atoms. The number of hydrogen-bond donors (Lipinski definition) is 1. The van der Waals surface area contributed by atoms with Gasteiger partial charge in [0.25, 0.3) is 5.91 Å². The number of nitrogens with one attached hydrogen (secondary N) is 1. The van der Waals surface area contributed by atoms with E-state index in [4.69, 9.17) is 0 Å². The van der Waals surface area contributed by atoms with Crippen molar-refractivity contribution in [3.8, 4) is 0 Å². The summed E-state index contributed by atoms with van der Waals surface area (Å²) < 4.78 is 38.0. The fraction of sp³-hybridized carbons (Fsp3) is 0.417. The topological polar surface area (TPSA) is 29.1 Å². The molecule has 0 saturated heterocycles. The van der Waals surface area contributed by atoms with Gasteiger partial charge in [-0.3, -0.25) is 4.79 Å². The fourth-order valence-corrected chi connectivity index (χ4v) is 1.72. The molecule has 1 aliphatic carbocycles. The van der Waals surface area contributed by atoms with Crippen LogP contribution < -0.4 is 5.32 Å². The monoisotopic (exact) mass is 243 g/mol. The summed E-state index contributed by atoms with van der Waals surface area (Å²) in [4.78, 5) is 11.8. The molecule has 0 heterocycles. The maximum absolute atomic E-state index is 12.7. The summed E-state index contributed by atoms with van der Waals surface area (Å²) in [5, 5.41) is 2.10. The summed E-state index contributed by atoms with van der Waals surface area (Å²) in [7, 11) is 0. The van der Waals surface area contributed by atoms with Crippen LogP contribution in [0.2, 0.25) is 0 Å². The van der Waals surface area contributed by atoms with E-state index in [1.807, 2.05) is 0 Å². The molecular formula is C12H12F3NO. The summed E-state index contributed by atoms with van der Waals surface area (Å²) in [5.74, 6) is -0.655. The first kappa shape index (κ1) is 12.0. The van der Waals surface area contributed by atoms with Crippen molar-refractivity contribution in [2.24, 2.45) is 0 Å². The van der Waals surface area contributed by atoms with Crippen LogP contribution in [0.15, 0.2) is 24.3 Å². The first-order valence-electron chi connectivity index (χ1n) is 5.31. The van der Waals surface area contributed by atoms with Crippen LogP contribution in [0.4, 0.5) is 13.2 Å². The van der Waals surface area contributed by atoms with E-state index in [2.05, 4.69) is 5.32 Å². The molecule has 0 atom stereocenters. The second kappa shape index (κ2) is 3.75. The van der Waals surface area contributed by atoms with Crippen LogP contribution in [0.1, 0.15) is 28.8 Å². The fourth-order valence-electron chi connectivity index (χ4n) is 1.72. The Labute approximate surface area is 96.8 Å². The molecule has 1 N–H and O–H groups in total. The van der Waals surface area contributed by atoms with Gasteiger partial charge >= 0.3 is 6.18 Å². The minimum absolute atomic E-state index is 0.0336. The molecule has 1 saturated carbocycles. The van der Waals surface area contributed by atoms with Crippen molar-refractivity contribution in [1.29, 1.82) is 0 Å². The summed E-state index contributed by atoms with van der Waals surface area (Å²) in [6.07, 6.45) is -4.44. The second-order valence-corrected chi connectivity index (χ2v) is 4.35. The SMILES string of the molecule is Cc1ccccc1C(=O)NC1(C(F)(F)F)CC1. The zero-order chi connectivity index (χ0) is 12.7. The first-order valence-corrected chi connectivity index (χ1v) is 5.31. The first-order chi connectivity index (χ1) is 7.86. The molecule has 1 aromatic rings. The third-order valence-electron chi connectivity index (χ3n) is 3.04. The minimum atomic E-state index is -4.37. The Kier molecular flexibility index (Phi) is 2.64. The molecule has 0 aliphatic heterocycles. The Morgan fingerprint density at radius 3 is 2.35 bits per heavy atom. The van der Waals surface area contributed by atoms with Gasteiger partial charge in [0, 0.05) is 5.56 Å². The van der Waals surface area contributed by atoms with E-state index in [1.54, 1.807) is 25.1 Å². The van der Waals surface area contributed by atoms with Crippen LogP contribution in [0, 0.1) is 6.92 Å². The van der Waals surface area contributed by atoms with Gasteiger partial charge in [-0.15, -0.1) is 0 Å². The Balaban J connectivity index is 2.16. The van der Waals surface area contributed by atoms with Gasteiger partial charge in [-0.05, 0) is 31.4 Å². The number of amides is 1. The van der Waals surface area contributed by atoms with Crippen molar-refractivity contribution in [1.82, 2.24) is 5.32 Å². The second-order valence-electron chi connectivity index (χ2n) is 4.35. The van der Waals surface area contributed by atoms with E-state index in [0.29, 0.717) is 11.1 Å². The van der Waals surface area contributed by atoms with Crippen molar-refractivity contribution >= 4 is 5.91 Å². The molecule has 2 rings (SSSR count). The van der Waals surface area contributed by atoms with Crippen LogP contribution in [0.25, 0.3) is 0 Å². The van der Waals surface area contributed by atoms with E-state index >= 15 is 0 Å². The van der Waals surface area contributed by atoms with Gasteiger partial charge in [0.1, 0.15) is 5.54 Å². The molecule has 0 radical (unpaired) electrons. The number of carbonyl (C=O) groups excluding carboxylic acids is 1. The molecule has 1 fully saturated rings. The highest BCUT2D eigenvalue weighted by Crippen LogP contribution is 2.49. The average molecular weight is 243 g/mol. The standard InChI is InChI=1S/C12H12F3NO/c1-8-4-2-3-5-9(8)10(17)16-11(6-7-11)12(13,14)15/h2-5H,6-7H2,1H3,(H,16,17). The quantitative estimate of drug-likeness (QED) is 0.850. The molecule has 5 heteroatoms. The lowest BCUT2D eigenvalue weighted by Crippen LogP contribution is -2.48. The Morgan fingerprint density at radius 1 is 1.29 bits per heavy atom. The van der Waals surface area contributed by atoms with Crippen LogP contribution in [0.3, 0.4) is 0 Å². The van der Waals surface area contributed by atoms with Crippen molar-refractivity contribution in [2.75, 3.05) is 0 Å². The van der Waals surface area contributed by atoms with Crippen LogP contribution >= 0.6 is 0 Å². The molecule has 1 aromatic carbocycles. The molecule has 0 bridgehead atoms. The highest BCUT2D eigenvalue weighted by molar-refractivity contribution is 5.96. The molecule has 0 unspecified atom stereocenters. The molecule has 0 aromatic heterocycles. The smallest absolute Gasteiger partial charge is 0.338 e. The normalized spacial score (nSPS) is 17.6. The number of alkyl halides is 3. The molecule has 2 nitrogen and oxygen atoms in total. The van der Waals surface area contributed by atoms with E-state index in [0.717, 1.165) is 0 Å². The number of halogens is 3. The summed E-state index contributed by atoms with van der Waals surface area (Å²) in [5.41, 5.74) is -1.03. The van der Waals surface area contributed by atoms with E-state index in [1.165, 1.54) is 6.07 Å². The lowest BCUT2D eigenvalue weighted by Gasteiger charge is -2.21. The summed E-state index contributed by atoms with van der Waals surface area (Å²) >= 11 is 0. The highest BCUT2D eigenvalue weighted by Gasteiger charge is 2.64. The number of benzene rings is 1. The van der Waals surface area contributed by atoms with Gasteiger partial charge in [-0.1, -0.05) is 18.2 Å². The molecule has 92 valence electrons. The van der Waals surface area contributed by atoms with Gasteiger partial charge in [-0.25, -0.2) is 0 Å². The van der Waals surface area contributed by atoms with Crippen LogP contribution in [0.5, 0.6) is 0 Å². The number of carbonyl (C=O) groups is 1. The third-order valence-corrected chi connectivity index (χ3v) is 3.04. The van der Waals surface area contributed by atoms with Crippen molar-refractivity contribution in [3.63, 3.8) is 0 Å².